The van der Waals surface area contributed by atoms with Gasteiger partial charge in [-0.15, -0.1) is 0 Å². The van der Waals surface area contributed by atoms with E-state index in [4.69, 9.17) is 14.4 Å². The lowest BCUT2D eigenvalue weighted by Crippen LogP contribution is -2.53. The van der Waals surface area contributed by atoms with Crippen LogP contribution in [0.1, 0.15) is 108 Å². The molecule has 0 aliphatic heterocycles. The largest absolute Gasteiger partial charge is 0.786 e. The Morgan fingerprint density at radius 2 is 0.839 bits per heavy atom. The van der Waals surface area contributed by atoms with E-state index in [2.05, 4.69) is 69.2 Å². The number of hydrogen-bond donors (Lipinski definition) is 0. The molecule has 0 aliphatic carbocycles. The summed E-state index contributed by atoms with van der Waals surface area (Å²) in [5.41, 5.74) is 0. The Hall–Kier alpha value is -0.0000000000000000555. The van der Waals surface area contributed by atoms with E-state index in [1.165, 1.54) is 86.8 Å². The smallest absolute Gasteiger partial charge is 0.110 e. The van der Waals surface area contributed by atoms with Gasteiger partial charge in [0.05, 0.1) is 51.4 Å². The summed E-state index contributed by atoms with van der Waals surface area (Å²) >= 11 is 0. The topological polar surface area (TPSA) is 63.2 Å². The van der Waals surface area contributed by atoms with Gasteiger partial charge >= 0.3 is 0 Å². The van der Waals surface area contributed by atoms with Gasteiger partial charge in [-0.05, 0) is 81.1 Å². The number of nitrogens with zero attached hydrogens (tertiary/aromatic N) is 2. The van der Waals surface area contributed by atoms with Gasteiger partial charge in [0.25, 0.3) is 0 Å². The minimum atomic E-state index is -5.64. The van der Waals surface area contributed by atoms with Crippen molar-refractivity contribution in [2.45, 2.75) is 120 Å². The van der Waals surface area contributed by atoms with Crippen LogP contribution in [0.2, 0.25) is 0 Å². The molecule has 2 unspecified atom stereocenters. The first-order chi connectivity index (χ1) is 14.3. The third kappa shape index (κ3) is 16.3. The summed E-state index contributed by atoms with van der Waals surface area (Å²) in [6, 6.07) is 1.69. The van der Waals surface area contributed by atoms with Crippen molar-refractivity contribution in [3.05, 3.63) is 0 Å². The van der Waals surface area contributed by atoms with Gasteiger partial charge in [0.2, 0.25) is 0 Å². The molecule has 0 heterocycles. The fraction of sp³-hybridized carbons (Fsp3) is 1.00. The first kappa shape index (κ1) is 35.6. The van der Waals surface area contributed by atoms with E-state index in [-0.39, 0.29) is 0 Å². The standard InChI is InChI=1S/2C12H28N.FH2O3P/c2*1-6-10-11-12(5)13(7-2,8-3)9-4;1-5(2,3)4/h2*12H,6-11H2,1-5H3;(H2,2,3,4)/q2*+1;/p-2. The molecule has 0 saturated heterocycles. The minimum Gasteiger partial charge on any atom is -0.786 e. The van der Waals surface area contributed by atoms with Crippen LogP contribution < -0.4 is 9.79 Å². The first-order valence-corrected chi connectivity index (χ1v) is 14.2. The van der Waals surface area contributed by atoms with Crippen LogP contribution in [0.5, 0.6) is 0 Å². The van der Waals surface area contributed by atoms with Gasteiger partial charge in [0.15, 0.2) is 0 Å². The van der Waals surface area contributed by atoms with Crippen LogP contribution in [0.3, 0.4) is 0 Å². The molecule has 5 nitrogen and oxygen atoms in total. The van der Waals surface area contributed by atoms with Gasteiger partial charge in [-0.1, -0.05) is 26.7 Å². The van der Waals surface area contributed by atoms with Crippen molar-refractivity contribution in [2.75, 3.05) is 39.3 Å². The molecule has 0 aromatic carbocycles. The Balaban J connectivity index is -0.000000416. The maximum absolute atomic E-state index is 10.1. The van der Waals surface area contributed by atoms with E-state index >= 15 is 0 Å². The molecule has 0 aromatic rings. The number of halogens is 1. The molecule has 0 radical (unpaired) electrons. The zero-order valence-corrected chi connectivity index (χ0v) is 23.5. The second-order valence-electron chi connectivity index (χ2n) is 8.75. The maximum atomic E-state index is 10.1. The fourth-order valence-corrected chi connectivity index (χ4v) is 4.76. The summed E-state index contributed by atoms with van der Waals surface area (Å²) in [6.07, 6.45) is 8.24. The molecule has 0 amide bonds. The molecule has 0 fully saturated rings. The number of quaternary nitrogens is 2. The lowest BCUT2D eigenvalue weighted by Gasteiger charge is -2.41. The van der Waals surface area contributed by atoms with Crippen molar-refractivity contribution in [3.63, 3.8) is 0 Å². The highest BCUT2D eigenvalue weighted by Gasteiger charge is 2.28. The molecule has 0 bridgehead atoms. The van der Waals surface area contributed by atoms with E-state index in [1.807, 2.05) is 0 Å². The Bertz CT molecular complexity index is 384. The average Bonchev–Trinajstić information content (AvgIpc) is 2.73. The maximum Gasteiger partial charge on any atom is 0.110 e. The number of hydrogen-bond acceptors (Lipinski definition) is 3. The van der Waals surface area contributed by atoms with Crippen molar-refractivity contribution in [2.24, 2.45) is 0 Å². The lowest BCUT2D eigenvalue weighted by atomic mass is 10.1. The van der Waals surface area contributed by atoms with E-state index in [9.17, 15) is 4.20 Å². The van der Waals surface area contributed by atoms with Crippen LogP contribution in [0, 0.1) is 0 Å². The normalized spacial score (nSPS) is 14.1. The number of unbranched alkanes of at least 4 members (excludes halogenated alkanes) is 2. The summed E-state index contributed by atoms with van der Waals surface area (Å²) in [4.78, 5) is 16.9. The van der Waals surface area contributed by atoms with E-state index in [1.54, 1.807) is 0 Å². The molecular formula is C24H56FN2O3P. The summed E-state index contributed by atoms with van der Waals surface area (Å²) in [5.74, 6) is 0. The van der Waals surface area contributed by atoms with Gasteiger partial charge in [0.1, 0.15) is 7.91 Å². The molecule has 0 rings (SSSR count). The highest BCUT2D eigenvalue weighted by molar-refractivity contribution is 7.42. The highest BCUT2D eigenvalue weighted by atomic mass is 31.2. The van der Waals surface area contributed by atoms with Crippen LogP contribution in [0.4, 0.5) is 4.20 Å². The Morgan fingerprint density at radius 1 is 0.645 bits per heavy atom. The van der Waals surface area contributed by atoms with Gasteiger partial charge in [0, 0.05) is 0 Å². The van der Waals surface area contributed by atoms with Crippen LogP contribution in [-0.2, 0) is 4.57 Å². The van der Waals surface area contributed by atoms with Gasteiger partial charge < -0.3 is 23.3 Å². The monoisotopic (exact) mass is 470 g/mol. The molecule has 0 spiro atoms. The zero-order chi connectivity index (χ0) is 25.1. The first-order valence-electron chi connectivity index (χ1n) is 12.8. The van der Waals surface area contributed by atoms with Crippen molar-refractivity contribution < 1.29 is 27.5 Å². The average molecular weight is 471 g/mol. The fourth-order valence-electron chi connectivity index (χ4n) is 4.76. The van der Waals surface area contributed by atoms with Crippen molar-refractivity contribution >= 4 is 7.91 Å². The summed E-state index contributed by atoms with van der Waals surface area (Å²) < 4.78 is 21.2. The van der Waals surface area contributed by atoms with Gasteiger partial charge in [-0.2, -0.15) is 0 Å². The van der Waals surface area contributed by atoms with Gasteiger partial charge in [-0.25, -0.2) is 4.20 Å². The molecule has 31 heavy (non-hydrogen) atoms. The Labute approximate surface area is 194 Å². The van der Waals surface area contributed by atoms with Crippen LogP contribution in [-0.4, -0.2) is 60.3 Å². The Morgan fingerprint density at radius 3 is 0.968 bits per heavy atom. The van der Waals surface area contributed by atoms with E-state index in [0.29, 0.717) is 0 Å². The summed E-state index contributed by atoms with van der Waals surface area (Å²) in [7, 11) is -5.64. The molecular weight excluding hydrogens is 414 g/mol. The zero-order valence-electron chi connectivity index (χ0n) is 22.6. The predicted molar refractivity (Wildman–Crippen MR) is 130 cm³/mol. The molecule has 0 saturated carbocycles. The van der Waals surface area contributed by atoms with Crippen LogP contribution >= 0.6 is 7.91 Å². The SMILES string of the molecule is CCCCC(C)[N+](CC)(CC)CC.CCCCC(C)[N+](CC)(CC)CC.O=P([O-])([O-])F. The van der Waals surface area contributed by atoms with E-state index < -0.39 is 7.91 Å². The quantitative estimate of drug-likeness (QED) is 0.243. The van der Waals surface area contributed by atoms with Crippen LogP contribution in [0.25, 0.3) is 0 Å². The third-order valence-corrected chi connectivity index (χ3v) is 7.60. The third-order valence-electron chi connectivity index (χ3n) is 7.60. The van der Waals surface area contributed by atoms with Crippen molar-refractivity contribution in [3.8, 4) is 0 Å². The summed E-state index contributed by atoms with van der Waals surface area (Å²) in [5, 5.41) is 0. The number of rotatable bonds is 14. The lowest BCUT2D eigenvalue weighted by molar-refractivity contribution is -0.945. The Kier molecular flexibility index (Phi) is 22.3. The minimum absolute atomic E-state index is 0.847. The van der Waals surface area contributed by atoms with Crippen LogP contribution in [0.15, 0.2) is 0 Å². The second-order valence-corrected chi connectivity index (χ2v) is 9.61. The molecule has 2 atom stereocenters. The molecule has 7 heteroatoms. The predicted octanol–water partition coefficient (Wildman–Crippen LogP) is 5.67. The molecule has 0 N–H and O–H groups in total. The highest BCUT2D eigenvalue weighted by Crippen LogP contribution is 2.22. The molecule has 0 aliphatic rings. The van der Waals surface area contributed by atoms with Gasteiger partial charge in [-0.3, -0.25) is 0 Å². The summed E-state index contributed by atoms with van der Waals surface area (Å²) in [6.45, 7) is 31.1. The van der Waals surface area contributed by atoms with Crippen molar-refractivity contribution in [1.82, 2.24) is 0 Å². The van der Waals surface area contributed by atoms with E-state index in [0.717, 1.165) is 12.1 Å². The second kappa shape index (κ2) is 19.5. The van der Waals surface area contributed by atoms with Crippen molar-refractivity contribution in [1.29, 1.82) is 0 Å². The molecule has 192 valence electrons. The molecule has 0 aromatic heterocycles.